The van der Waals surface area contributed by atoms with Gasteiger partial charge in [-0.2, -0.15) is 0 Å². The Morgan fingerprint density at radius 3 is 2.50 bits per heavy atom. The minimum atomic E-state index is 0.291. The third kappa shape index (κ3) is 2.60. The number of para-hydroxylation sites is 1. The number of aryl methyl sites for hydroxylation is 3. The van der Waals surface area contributed by atoms with Crippen molar-refractivity contribution in [2.24, 2.45) is 0 Å². The number of benzene rings is 1. The van der Waals surface area contributed by atoms with Crippen molar-refractivity contribution < 1.29 is 0 Å². The molecule has 2 heterocycles. The first-order chi connectivity index (χ1) is 10.8. The minimum absolute atomic E-state index is 0.291. The molecule has 118 valence electrons. The van der Waals surface area contributed by atoms with Gasteiger partial charge in [0, 0.05) is 17.5 Å². The molecule has 1 aromatic carbocycles. The highest BCUT2D eigenvalue weighted by Crippen LogP contribution is 2.29. The molecule has 0 unspecified atom stereocenters. The monoisotopic (exact) mass is 297 g/mol. The molecule has 1 aliphatic heterocycles. The van der Waals surface area contributed by atoms with Gasteiger partial charge in [0.1, 0.15) is 0 Å². The van der Waals surface area contributed by atoms with E-state index in [9.17, 15) is 4.79 Å². The summed E-state index contributed by atoms with van der Waals surface area (Å²) in [7, 11) is 0. The van der Waals surface area contributed by atoms with Crippen LogP contribution in [0.4, 0.5) is 0 Å². The summed E-state index contributed by atoms with van der Waals surface area (Å²) in [5, 5.41) is 1.34. The molecule has 1 aliphatic rings. The number of hydrogen-bond donors (Lipinski definition) is 0. The van der Waals surface area contributed by atoms with Gasteiger partial charge in [0.2, 0.25) is 0 Å². The zero-order valence-corrected chi connectivity index (χ0v) is 14.0. The van der Waals surface area contributed by atoms with E-state index in [1.54, 1.807) is 0 Å². The predicted molar refractivity (Wildman–Crippen MR) is 93.8 cm³/mol. The molecule has 0 fully saturated rings. The molecule has 0 radical (unpaired) electrons. The molecule has 1 aromatic heterocycles. The molecular formula is C20H27NO. The first-order valence-electron chi connectivity index (χ1n) is 8.94. The molecule has 0 N–H and O–H groups in total. The van der Waals surface area contributed by atoms with Crippen LogP contribution in [0.3, 0.4) is 0 Å². The van der Waals surface area contributed by atoms with Crippen LogP contribution in [0.25, 0.3) is 10.9 Å². The molecule has 0 saturated carbocycles. The first-order valence-corrected chi connectivity index (χ1v) is 8.94. The van der Waals surface area contributed by atoms with Crippen molar-refractivity contribution in [3.05, 3.63) is 45.2 Å². The Labute approximate surface area is 133 Å². The molecule has 0 spiro atoms. The summed E-state index contributed by atoms with van der Waals surface area (Å²) in [5.74, 6) is 0. The van der Waals surface area contributed by atoms with Gasteiger partial charge in [-0.1, -0.05) is 44.9 Å². The van der Waals surface area contributed by atoms with E-state index in [0.717, 1.165) is 50.6 Å². The van der Waals surface area contributed by atoms with Crippen molar-refractivity contribution in [2.45, 2.75) is 71.8 Å². The van der Waals surface area contributed by atoms with Crippen LogP contribution in [-0.4, -0.2) is 4.57 Å². The van der Waals surface area contributed by atoms with Gasteiger partial charge in [0.15, 0.2) is 0 Å². The summed E-state index contributed by atoms with van der Waals surface area (Å²) in [5.41, 5.74) is 5.32. The topological polar surface area (TPSA) is 22.0 Å². The van der Waals surface area contributed by atoms with E-state index in [1.807, 2.05) is 0 Å². The van der Waals surface area contributed by atoms with Crippen LogP contribution in [0.5, 0.6) is 0 Å². The highest BCUT2D eigenvalue weighted by molar-refractivity contribution is 5.87. The zero-order valence-electron chi connectivity index (χ0n) is 14.0. The summed E-state index contributed by atoms with van der Waals surface area (Å²) in [6, 6.07) is 6.62. The van der Waals surface area contributed by atoms with Gasteiger partial charge in [-0.25, -0.2) is 0 Å². The molecular weight excluding hydrogens is 270 g/mol. The number of rotatable bonds is 6. The normalized spacial score (nSPS) is 13.7. The van der Waals surface area contributed by atoms with Crippen LogP contribution in [0.15, 0.2) is 23.0 Å². The van der Waals surface area contributed by atoms with Crippen molar-refractivity contribution in [2.75, 3.05) is 0 Å². The summed E-state index contributed by atoms with van der Waals surface area (Å²) in [4.78, 5) is 13.1. The SMILES string of the molecule is CCCCc1c(CCCC)c2cccc3c2n(c1=O)CCC3. The van der Waals surface area contributed by atoms with Crippen LogP contribution in [0, 0.1) is 0 Å². The maximum atomic E-state index is 13.1. The average molecular weight is 297 g/mol. The van der Waals surface area contributed by atoms with Crippen molar-refractivity contribution in [1.29, 1.82) is 0 Å². The lowest BCUT2D eigenvalue weighted by molar-refractivity contribution is 0.606. The number of hydrogen-bond acceptors (Lipinski definition) is 1. The zero-order chi connectivity index (χ0) is 15.5. The van der Waals surface area contributed by atoms with Crippen LogP contribution >= 0.6 is 0 Å². The summed E-state index contributed by atoms with van der Waals surface area (Å²) >= 11 is 0. The minimum Gasteiger partial charge on any atom is -0.308 e. The van der Waals surface area contributed by atoms with E-state index in [2.05, 4.69) is 36.6 Å². The average Bonchev–Trinajstić information content (AvgIpc) is 2.55. The van der Waals surface area contributed by atoms with E-state index in [0.29, 0.717) is 5.56 Å². The maximum absolute atomic E-state index is 13.1. The van der Waals surface area contributed by atoms with Crippen molar-refractivity contribution in [1.82, 2.24) is 4.57 Å². The second-order valence-electron chi connectivity index (χ2n) is 6.54. The Morgan fingerprint density at radius 2 is 1.77 bits per heavy atom. The van der Waals surface area contributed by atoms with Gasteiger partial charge in [0.05, 0.1) is 5.52 Å². The Kier molecular flexibility index (Phi) is 4.66. The molecule has 0 amide bonds. The first kappa shape index (κ1) is 15.3. The van der Waals surface area contributed by atoms with Gasteiger partial charge in [-0.05, 0) is 49.7 Å². The lowest BCUT2D eigenvalue weighted by Gasteiger charge is -2.23. The van der Waals surface area contributed by atoms with Crippen LogP contribution < -0.4 is 5.56 Å². The second kappa shape index (κ2) is 6.68. The molecule has 2 aromatic rings. The number of pyridine rings is 1. The summed E-state index contributed by atoms with van der Waals surface area (Å²) in [6.07, 6.45) is 8.79. The highest BCUT2D eigenvalue weighted by atomic mass is 16.1. The lowest BCUT2D eigenvalue weighted by atomic mass is 9.91. The van der Waals surface area contributed by atoms with Crippen molar-refractivity contribution in [3.63, 3.8) is 0 Å². The standard InChI is InChI=1S/C20H27NO/c1-3-5-11-16-17-13-7-9-15-10-8-14-21(19(15)17)20(22)18(16)12-6-4-2/h7,9,13H,3-6,8,10-12,14H2,1-2H3. The molecule has 22 heavy (non-hydrogen) atoms. The Balaban J connectivity index is 2.27. The lowest BCUT2D eigenvalue weighted by Crippen LogP contribution is -2.29. The Bertz CT molecular complexity index is 727. The van der Waals surface area contributed by atoms with Gasteiger partial charge in [-0.15, -0.1) is 0 Å². The van der Waals surface area contributed by atoms with Crippen molar-refractivity contribution >= 4 is 10.9 Å². The van der Waals surface area contributed by atoms with E-state index in [-0.39, 0.29) is 0 Å². The molecule has 0 atom stereocenters. The third-order valence-electron chi connectivity index (χ3n) is 4.97. The summed E-state index contributed by atoms with van der Waals surface area (Å²) < 4.78 is 2.06. The molecule has 0 aliphatic carbocycles. The van der Waals surface area contributed by atoms with Crippen LogP contribution in [0.1, 0.15) is 62.6 Å². The fourth-order valence-corrected chi connectivity index (χ4v) is 3.80. The smallest absolute Gasteiger partial charge is 0.254 e. The Hall–Kier alpha value is -1.57. The second-order valence-corrected chi connectivity index (χ2v) is 6.54. The molecule has 2 nitrogen and oxygen atoms in total. The van der Waals surface area contributed by atoms with E-state index < -0.39 is 0 Å². The number of unbranched alkanes of at least 4 members (excludes halogenated alkanes) is 2. The van der Waals surface area contributed by atoms with Gasteiger partial charge >= 0.3 is 0 Å². The van der Waals surface area contributed by atoms with E-state index in [4.69, 9.17) is 0 Å². The maximum Gasteiger partial charge on any atom is 0.254 e. The van der Waals surface area contributed by atoms with Crippen LogP contribution in [-0.2, 0) is 25.8 Å². The van der Waals surface area contributed by atoms with Crippen molar-refractivity contribution in [3.8, 4) is 0 Å². The molecule has 0 bridgehead atoms. The number of aromatic nitrogens is 1. The van der Waals surface area contributed by atoms with Gasteiger partial charge in [-0.3, -0.25) is 4.79 Å². The highest BCUT2D eigenvalue weighted by Gasteiger charge is 2.20. The quantitative estimate of drug-likeness (QED) is 0.761. The third-order valence-corrected chi connectivity index (χ3v) is 4.97. The van der Waals surface area contributed by atoms with E-state index >= 15 is 0 Å². The largest absolute Gasteiger partial charge is 0.308 e. The number of nitrogens with zero attached hydrogens (tertiary/aromatic N) is 1. The van der Waals surface area contributed by atoms with E-state index in [1.165, 1.54) is 34.9 Å². The fraction of sp³-hybridized carbons (Fsp3) is 0.550. The van der Waals surface area contributed by atoms with Gasteiger partial charge < -0.3 is 4.57 Å². The molecule has 2 heteroatoms. The predicted octanol–water partition coefficient (Wildman–Crippen LogP) is 4.63. The fourth-order valence-electron chi connectivity index (χ4n) is 3.80. The molecule has 3 rings (SSSR count). The van der Waals surface area contributed by atoms with Gasteiger partial charge in [0.25, 0.3) is 5.56 Å². The Morgan fingerprint density at radius 1 is 1.05 bits per heavy atom. The molecule has 0 saturated heterocycles. The van der Waals surface area contributed by atoms with Crippen LogP contribution in [0.2, 0.25) is 0 Å². The summed E-state index contributed by atoms with van der Waals surface area (Å²) in [6.45, 7) is 5.32.